The van der Waals surface area contributed by atoms with Gasteiger partial charge in [0, 0.05) is 17.8 Å². The number of carbonyl (C=O) groups is 1. The van der Waals surface area contributed by atoms with E-state index in [1.54, 1.807) is 11.3 Å². The fraction of sp³-hybridized carbons (Fsp3) is 0.550. The van der Waals surface area contributed by atoms with E-state index in [-0.39, 0.29) is 23.3 Å². The second-order valence-electron chi connectivity index (χ2n) is 7.34. The lowest BCUT2D eigenvalue weighted by Crippen LogP contribution is -2.44. The molecular weight excluding hydrogens is 365 g/mol. The number of thiophene rings is 1. The summed E-state index contributed by atoms with van der Waals surface area (Å²) in [6, 6.07) is 4.10. The highest BCUT2D eigenvalue weighted by Crippen LogP contribution is 2.45. The molecule has 1 aliphatic carbocycles. The quantitative estimate of drug-likeness (QED) is 0.782. The van der Waals surface area contributed by atoms with E-state index >= 15 is 0 Å². The van der Waals surface area contributed by atoms with Gasteiger partial charge in [0.2, 0.25) is 11.7 Å². The van der Waals surface area contributed by atoms with Crippen LogP contribution in [0, 0.1) is 5.82 Å². The highest BCUT2D eigenvalue weighted by Gasteiger charge is 2.47. The molecule has 2 aromatic heterocycles. The highest BCUT2D eigenvalue weighted by atomic mass is 32.1. The zero-order chi connectivity index (χ0) is 18.9. The van der Waals surface area contributed by atoms with Crippen molar-refractivity contribution in [2.45, 2.75) is 57.0 Å². The number of hydrogen-bond donors (Lipinski definition) is 0. The van der Waals surface area contributed by atoms with Crippen LogP contribution in [0.4, 0.5) is 4.39 Å². The summed E-state index contributed by atoms with van der Waals surface area (Å²) >= 11 is 1.67. The molecule has 3 heterocycles. The van der Waals surface area contributed by atoms with Crippen LogP contribution in [0.5, 0.6) is 5.88 Å². The minimum Gasteiger partial charge on any atom is -0.470 e. The van der Waals surface area contributed by atoms with Crippen molar-refractivity contribution in [3.05, 3.63) is 40.2 Å². The summed E-state index contributed by atoms with van der Waals surface area (Å²) in [7, 11) is 0. The van der Waals surface area contributed by atoms with E-state index < -0.39 is 5.82 Å². The third-order valence-corrected chi connectivity index (χ3v) is 6.81. The molecule has 1 aliphatic heterocycles. The Balaban J connectivity index is 1.47. The van der Waals surface area contributed by atoms with Crippen LogP contribution in [0.1, 0.15) is 49.6 Å². The molecule has 0 aromatic carbocycles. The number of nitrogens with zero attached hydrogens (tertiary/aromatic N) is 3. The van der Waals surface area contributed by atoms with Crippen LogP contribution in [0.3, 0.4) is 0 Å². The molecule has 1 saturated carbocycles. The summed E-state index contributed by atoms with van der Waals surface area (Å²) in [6.45, 7) is 2.97. The Morgan fingerprint density at radius 1 is 1.41 bits per heavy atom. The topological polar surface area (TPSA) is 55.3 Å². The summed E-state index contributed by atoms with van der Waals surface area (Å²) in [5.74, 6) is -0.295. The van der Waals surface area contributed by atoms with E-state index in [9.17, 15) is 9.18 Å². The SMILES string of the molecule is CCc1ncnc(OC2CCN(C(=O)C3(c4cccs4)CCCC3)C2)c1F. The Morgan fingerprint density at radius 3 is 2.93 bits per heavy atom. The molecule has 1 atom stereocenters. The largest absolute Gasteiger partial charge is 0.470 e. The van der Waals surface area contributed by atoms with Gasteiger partial charge in [0.1, 0.15) is 12.4 Å². The van der Waals surface area contributed by atoms with Crippen LogP contribution in [0.15, 0.2) is 23.8 Å². The van der Waals surface area contributed by atoms with Crippen LogP contribution in [0.25, 0.3) is 0 Å². The summed E-state index contributed by atoms with van der Waals surface area (Å²) in [5.41, 5.74) is -0.0213. The lowest BCUT2D eigenvalue weighted by molar-refractivity contribution is -0.136. The Morgan fingerprint density at radius 2 is 2.22 bits per heavy atom. The fourth-order valence-corrected chi connectivity index (χ4v) is 5.26. The van der Waals surface area contributed by atoms with Gasteiger partial charge in [-0.15, -0.1) is 11.3 Å². The Labute approximate surface area is 162 Å². The van der Waals surface area contributed by atoms with Crippen molar-refractivity contribution < 1.29 is 13.9 Å². The van der Waals surface area contributed by atoms with Crippen molar-refractivity contribution in [1.82, 2.24) is 14.9 Å². The fourth-order valence-electron chi connectivity index (χ4n) is 4.28. The number of aryl methyl sites for hydroxylation is 1. The predicted octanol–water partition coefficient (Wildman–Crippen LogP) is 3.73. The number of halogens is 1. The second kappa shape index (κ2) is 7.54. The maximum Gasteiger partial charge on any atom is 0.254 e. The molecule has 4 rings (SSSR count). The lowest BCUT2D eigenvalue weighted by atomic mass is 9.83. The van der Waals surface area contributed by atoms with Gasteiger partial charge in [-0.25, -0.2) is 4.98 Å². The first-order chi connectivity index (χ1) is 13.1. The molecule has 0 radical (unpaired) electrons. The monoisotopic (exact) mass is 389 g/mol. The van der Waals surface area contributed by atoms with Gasteiger partial charge in [-0.1, -0.05) is 25.8 Å². The average Bonchev–Trinajstić information content (AvgIpc) is 3.44. The smallest absolute Gasteiger partial charge is 0.254 e. The molecule has 27 heavy (non-hydrogen) atoms. The van der Waals surface area contributed by atoms with Crippen LogP contribution in [-0.2, 0) is 16.6 Å². The Bertz CT molecular complexity index is 806. The summed E-state index contributed by atoms with van der Waals surface area (Å²) in [5, 5.41) is 2.04. The van der Waals surface area contributed by atoms with Gasteiger partial charge in [-0.05, 0) is 30.7 Å². The molecule has 2 aliphatic rings. The zero-order valence-corrected chi connectivity index (χ0v) is 16.3. The van der Waals surface area contributed by atoms with Crippen molar-refractivity contribution in [2.75, 3.05) is 13.1 Å². The van der Waals surface area contributed by atoms with Crippen molar-refractivity contribution >= 4 is 17.2 Å². The van der Waals surface area contributed by atoms with Crippen LogP contribution in [0.2, 0.25) is 0 Å². The molecule has 1 saturated heterocycles. The van der Waals surface area contributed by atoms with Crippen molar-refractivity contribution in [3.8, 4) is 5.88 Å². The van der Waals surface area contributed by atoms with Gasteiger partial charge in [-0.2, -0.15) is 9.37 Å². The molecule has 5 nitrogen and oxygen atoms in total. The molecule has 0 bridgehead atoms. The molecule has 1 unspecified atom stereocenters. The average molecular weight is 389 g/mol. The van der Waals surface area contributed by atoms with Crippen molar-refractivity contribution in [1.29, 1.82) is 0 Å². The molecule has 0 spiro atoms. The molecule has 0 N–H and O–H groups in total. The number of amides is 1. The Kier molecular flexibility index (Phi) is 5.12. The number of aromatic nitrogens is 2. The normalized spacial score (nSPS) is 21.6. The number of rotatable bonds is 5. The lowest BCUT2D eigenvalue weighted by Gasteiger charge is -2.31. The zero-order valence-electron chi connectivity index (χ0n) is 15.5. The van der Waals surface area contributed by atoms with E-state index in [4.69, 9.17) is 4.74 Å². The minimum atomic E-state index is -0.490. The van der Waals surface area contributed by atoms with Gasteiger partial charge in [-0.3, -0.25) is 4.79 Å². The van der Waals surface area contributed by atoms with E-state index in [1.807, 2.05) is 23.3 Å². The third-order valence-electron chi connectivity index (χ3n) is 5.73. The van der Waals surface area contributed by atoms with Gasteiger partial charge in [0.15, 0.2) is 0 Å². The van der Waals surface area contributed by atoms with Gasteiger partial charge < -0.3 is 9.64 Å². The molecule has 1 amide bonds. The maximum atomic E-state index is 14.3. The minimum absolute atomic E-state index is 0.00464. The Hall–Kier alpha value is -2.02. The summed E-state index contributed by atoms with van der Waals surface area (Å²) in [6.07, 6.45) is 6.28. The number of likely N-dealkylation sites (tertiary alicyclic amines) is 1. The molecule has 7 heteroatoms. The van der Waals surface area contributed by atoms with Crippen LogP contribution in [-0.4, -0.2) is 40.0 Å². The van der Waals surface area contributed by atoms with E-state index in [2.05, 4.69) is 16.0 Å². The predicted molar refractivity (Wildman–Crippen MR) is 101 cm³/mol. The van der Waals surface area contributed by atoms with Crippen LogP contribution >= 0.6 is 11.3 Å². The van der Waals surface area contributed by atoms with E-state index in [0.717, 1.165) is 25.7 Å². The first-order valence-electron chi connectivity index (χ1n) is 9.63. The number of ether oxygens (including phenoxy) is 1. The number of hydrogen-bond acceptors (Lipinski definition) is 5. The van der Waals surface area contributed by atoms with E-state index in [1.165, 1.54) is 11.2 Å². The molecule has 2 aromatic rings. The third kappa shape index (κ3) is 3.33. The second-order valence-corrected chi connectivity index (χ2v) is 8.29. The molecule has 2 fully saturated rings. The first-order valence-corrected chi connectivity index (χ1v) is 10.5. The molecule has 144 valence electrons. The van der Waals surface area contributed by atoms with Crippen molar-refractivity contribution in [3.63, 3.8) is 0 Å². The van der Waals surface area contributed by atoms with Gasteiger partial charge >= 0.3 is 0 Å². The highest BCUT2D eigenvalue weighted by molar-refractivity contribution is 7.10. The van der Waals surface area contributed by atoms with Gasteiger partial charge in [0.25, 0.3) is 5.88 Å². The number of carbonyl (C=O) groups excluding carboxylic acids is 1. The summed E-state index contributed by atoms with van der Waals surface area (Å²) in [4.78, 5) is 24.4. The van der Waals surface area contributed by atoms with Crippen molar-refractivity contribution in [2.24, 2.45) is 0 Å². The molecular formula is C20H24FN3O2S. The maximum absolute atomic E-state index is 14.3. The summed E-state index contributed by atoms with van der Waals surface area (Å²) < 4.78 is 20.1. The van der Waals surface area contributed by atoms with Gasteiger partial charge in [0.05, 0.1) is 17.7 Å². The first kappa shape index (κ1) is 18.3. The standard InChI is InChI=1S/C20H24FN3O2S/c1-2-15-17(21)18(23-13-22-15)26-14-7-10-24(12-14)19(25)20(8-3-4-9-20)16-6-5-11-27-16/h5-6,11,13-14H,2-4,7-10,12H2,1H3. The van der Waals surface area contributed by atoms with E-state index in [0.29, 0.717) is 31.6 Å². The van der Waals surface area contributed by atoms with Crippen LogP contribution < -0.4 is 4.74 Å².